The molecule has 1 aromatic heterocycles. The molecule has 1 aliphatic rings. The van der Waals surface area contributed by atoms with Crippen LogP contribution in [0.15, 0.2) is 4.52 Å². The minimum atomic E-state index is -1.39. The zero-order valence-electron chi connectivity index (χ0n) is 10.00. The van der Waals surface area contributed by atoms with Gasteiger partial charge in [0, 0.05) is 0 Å². The summed E-state index contributed by atoms with van der Waals surface area (Å²) in [5, 5.41) is 26.2. The third-order valence-corrected chi connectivity index (χ3v) is 2.79. The first kappa shape index (κ1) is 13.4. The summed E-state index contributed by atoms with van der Waals surface area (Å²) in [7, 11) is 0. The number of aliphatic carboxylic acids is 1. The summed E-state index contributed by atoms with van der Waals surface area (Å²) < 4.78 is 4.95. The fourth-order valence-corrected chi connectivity index (χ4v) is 1.77. The average Bonchev–Trinajstić information content (AvgIpc) is 3.04. The molecule has 0 spiro atoms. The molecule has 0 saturated carbocycles. The van der Waals surface area contributed by atoms with E-state index in [1.807, 2.05) is 0 Å². The molecule has 4 N–H and O–H groups in total. The summed E-state index contributed by atoms with van der Waals surface area (Å²) in [4.78, 5) is 26.2. The molecular weight excluding hydrogens is 256 g/mol. The number of hydrogen-bond donors (Lipinski definition) is 4. The Morgan fingerprint density at radius 2 is 2.37 bits per heavy atom. The number of amides is 1. The molecule has 2 atom stereocenters. The van der Waals surface area contributed by atoms with Crippen molar-refractivity contribution in [1.29, 1.82) is 0 Å². The predicted molar refractivity (Wildman–Crippen MR) is 60.3 cm³/mol. The quantitative estimate of drug-likeness (QED) is 0.516. The number of nitrogens with one attached hydrogen (secondary N) is 2. The highest BCUT2D eigenvalue weighted by molar-refractivity contribution is 5.93. The van der Waals surface area contributed by atoms with Crippen LogP contribution in [0.2, 0.25) is 0 Å². The lowest BCUT2D eigenvalue weighted by molar-refractivity contribution is -0.140. The van der Waals surface area contributed by atoms with Crippen LogP contribution in [0.25, 0.3) is 0 Å². The number of carboxylic acids is 1. The lowest BCUT2D eigenvalue weighted by Crippen LogP contribution is -2.43. The van der Waals surface area contributed by atoms with E-state index < -0.39 is 24.5 Å². The lowest BCUT2D eigenvalue weighted by Gasteiger charge is -2.09. The Morgan fingerprint density at radius 1 is 1.58 bits per heavy atom. The van der Waals surface area contributed by atoms with E-state index in [4.69, 9.17) is 14.7 Å². The summed E-state index contributed by atoms with van der Waals surface area (Å²) in [5.41, 5.74) is 0. The van der Waals surface area contributed by atoms with Crippen molar-refractivity contribution in [3.05, 3.63) is 11.7 Å². The first-order chi connectivity index (χ1) is 9.11. The molecule has 1 fully saturated rings. The molecule has 1 aromatic rings. The fraction of sp³-hybridized carbons (Fsp3) is 0.600. The summed E-state index contributed by atoms with van der Waals surface area (Å²) in [6, 6.07) is -1.46. The van der Waals surface area contributed by atoms with Crippen LogP contribution in [0.1, 0.15) is 35.4 Å². The Morgan fingerprint density at radius 3 is 2.95 bits per heavy atom. The van der Waals surface area contributed by atoms with Gasteiger partial charge in [0.05, 0.1) is 12.6 Å². The van der Waals surface area contributed by atoms with E-state index in [9.17, 15) is 9.59 Å². The molecule has 2 heterocycles. The van der Waals surface area contributed by atoms with Gasteiger partial charge in [0.2, 0.25) is 5.89 Å². The second kappa shape index (κ2) is 5.76. The van der Waals surface area contributed by atoms with Crippen LogP contribution in [-0.4, -0.2) is 51.4 Å². The lowest BCUT2D eigenvalue weighted by atomic mass is 10.2. The molecule has 1 amide bonds. The largest absolute Gasteiger partial charge is 0.480 e. The third kappa shape index (κ3) is 3.06. The minimum absolute atomic E-state index is 0.0674. The standard InChI is InChI=1S/C10H14N4O5/c15-4-6(10(17)18)12-8(16)7-13-9(19-14-7)5-2-1-3-11-5/h5-6,11,15H,1-4H2,(H,12,16)(H,17,18)/t5?,6-/m0/s1. The summed E-state index contributed by atoms with van der Waals surface area (Å²) in [5.74, 6) is -2.08. The predicted octanol–water partition coefficient (Wildman–Crippen LogP) is -1.33. The van der Waals surface area contributed by atoms with Crippen molar-refractivity contribution in [3.63, 3.8) is 0 Å². The maximum atomic E-state index is 11.7. The Kier molecular flexibility index (Phi) is 4.07. The second-order valence-electron chi connectivity index (χ2n) is 4.15. The van der Waals surface area contributed by atoms with Gasteiger partial charge in [-0.15, -0.1) is 0 Å². The average molecular weight is 270 g/mol. The molecule has 0 aliphatic carbocycles. The van der Waals surface area contributed by atoms with Crippen LogP contribution in [0, 0.1) is 0 Å². The monoisotopic (exact) mass is 270 g/mol. The first-order valence-corrected chi connectivity index (χ1v) is 5.83. The Bertz CT molecular complexity index is 468. The van der Waals surface area contributed by atoms with Gasteiger partial charge in [-0.1, -0.05) is 5.16 Å². The molecule has 19 heavy (non-hydrogen) atoms. The molecule has 0 bridgehead atoms. The molecule has 1 aliphatic heterocycles. The van der Waals surface area contributed by atoms with E-state index >= 15 is 0 Å². The highest BCUT2D eigenvalue weighted by atomic mass is 16.5. The topological polar surface area (TPSA) is 138 Å². The molecule has 1 unspecified atom stereocenters. The highest BCUT2D eigenvalue weighted by Crippen LogP contribution is 2.20. The Labute approximate surface area is 108 Å². The van der Waals surface area contributed by atoms with Crippen LogP contribution >= 0.6 is 0 Å². The molecule has 1 saturated heterocycles. The molecular formula is C10H14N4O5. The molecule has 0 aromatic carbocycles. The highest BCUT2D eigenvalue weighted by Gasteiger charge is 2.26. The van der Waals surface area contributed by atoms with Gasteiger partial charge >= 0.3 is 5.97 Å². The maximum absolute atomic E-state index is 11.7. The summed E-state index contributed by atoms with van der Waals surface area (Å²) in [6.07, 6.45) is 1.83. The van der Waals surface area contributed by atoms with Crippen LogP contribution in [0.4, 0.5) is 0 Å². The van der Waals surface area contributed by atoms with Crippen LogP contribution in [0.3, 0.4) is 0 Å². The van der Waals surface area contributed by atoms with Crippen LogP contribution in [-0.2, 0) is 4.79 Å². The van der Waals surface area contributed by atoms with Gasteiger partial charge in [-0.25, -0.2) is 4.79 Å². The third-order valence-electron chi connectivity index (χ3n) is 2.79. The van der Waals surface area contributed by atoms with Crippen LogP contribution < -0.4 is 10.6 Å². The number of carbonyl (C=O) groups excluding carboxylic acids is 1. The van der Waals surface area contributed by atoms with E-state index in [1.165, 1.54) is 0 Å². The van der Waals surface area contributed by atoms with Gasteiger partial charge in [-0.3, -0.25) is 4.79 Å². The molecule has 9 heteroatoms. The number of carboxylic acid groups (broad SMARTS) is 1. The van der Waals surface area contributed by atoms with E-state index in [2.05, 4.69) is 20.8 Å². The van der Waals surface area contributed by atoms with E-state index in [0.717, 1.165) is 19.4 Å². The van der Waals surface area contributed by atoms with Gasteiger partial charge in [0.25, 0.3) is 11.7 Å². The zero-order chi connectivity index (χ0) is 13.8. The minimum Gasteiger partial charge on any atom is -0.480 e. The number of aromatic nitrogens is 2. The van der Waals surface area contributed by atoms with Crippen molar-refractivity contribution in [1.82, 2.24) is 20.8 Å². The molecule has 9 nitrogen and oxygen atoms in total. The SMILES string of the molecule is O=C(N[C@@H](CO)C(=O)O)c1noc(C2CCCN2)n1. The number of hydrogen-bond acceptors (Lipinski definition) is 7. The van der Waals surface area contributed by atoms with Gasteiger partial charge in [-0.2, -0.15) is 4.98 Å². The van der Waals surface area contributed by atoms with E-state index in [0.29, 0.717) is 5.89 Å². The molecule has 104 valence electrons. The van der Waals surface area contributed by atoms with Crippen LogP contribution in [0.5, 0.6) is 0 Å². The first-order valence-electron chi connectivity index (χ1n) is 5.83. The number of aliphatic hydroxyl groups is 1. The van der Waals surface area contributed by atoms with Crippen molar-refractivity contribution in [2.45, 2.75) is 24.9 Å². The number of rotatable bonds is 5. The van der Waals surface area contributed by atoms with E-state index in [-0.39, 0.29) is 11.9 Å². The van der Waals surface area contributed by atoms with Gasteiger partial charge in [0.15, 0.2) is 6.04 Å². The zero-order valence-corrected chi connectivity index (χ0v) is 10.00. The summed E-state index contributed by atoms with van der Waals surface area (Å²) in [6.45, 7) is 0.135. The number of nitrogens with zero attached hydrogens (tertiary/aromatic N) is 2. The molecule has 2 rings (SSSR count). The molecule has 0 radical (unpaired) electrons. The number of aliphatic hydroxyl groups excluding tert-OH is 1. The van der Waals surface area contributed by atoms with Crippen molar-refractivity contribution >= 4 is 11.9 Å². The Balaban J connectivity index is 2.01. The summed E-state index contributed by atoms with van der Waals surface area (Å²) >= 11 is 0. The maximum Gasteiger partial charge on any atom is 0.328 e. The van der Waals surface area contributed by atoms with Crippen molar-refractivity contribution in [2.75, 3.05) is 13.2 Å². The number of carbonyl (C=O) groups is 2. The normalized spacial score (nSPS) is 20.2. The van der Waals surface area contributed by atoms with Gasteiger partial charge in [-0.05, 0) is 19.4 Å². The van der Waals surface area contributed by atoms with Crippen molar-refractivity contribution in [3.8, 4) is 0 Å². The van der Waals surface area contributed by atoms with Gasteiger partial charge in [0.1, 0.15) is 0 Å². The fourth-order valence-electron chi connectivity index (χ4n) is 1.77. The van der Waals surface area contributed by atoms with E-state index in [1.54, 1.807) is 0 Å². The Hall–Kier alpha value is -2.00. The smallest absolute Gasteiger partial charge is 0.328 e. The van der Waals surface area contributed by atoms with Crippen molar-refractivity contribution < 1.29 is 24.3 Å². The van der Waals surface area contributed by atoms with Crippen molar-refractivity contribution in [2.24, 2.45) is 0 Å². The second-order valence-corrected chi connectivity index (χ2v) is 4.15. The van der Waals surface area contributed by atoms with Gasteiger partial charge < -0.3 is 25.4 Å².